The first-order valence-electron chi connectivity index (χ1n) is 8.16. The van der Waals surface area contributed by atoms with Crippen molar-refractivity contribution in [2.75, 3.05) is 0 Å². The molecule has 5 rings (SSSR count). The first kappa shape index (κ1) is 13.9. The Labute approximate surface area is 143 Å². The van der Waals surface area contributed by atoms with E-state index in [9.17, 15) is 0 Å². The van der Waals surface area contributed by atoms with Gasteiger partial charge in [-0.2, -0.15) is 0 Å². The summed E-state index contributed by atoms with van der Waals surface area (Å²) >= 11 is 1.79. The lowest BCUT2D eigenvalue weighted by atomic mass is 9.97. The van der Waals surface area contributed by atoms with Crippen molar-refractivity contribution >= 4 is 32.5 Å². The molecule has 0 spiro atoms. The second-order valence-electron chi connectivity index (χ2n) is 6.03. The van der Waals surface area contributed by atoms with E-state index in [1.807, 2.05) is 30.3 Å². The zero-order valence-electron chi connectivity index (χ0n) is 13.0. The first-order chi connectivity index (χ1) is 11.9. The molecule has 4 aromatic rings. The van der Waals surface area contributed by atoms with Gasteiger partial charge < -0.3 is 4.74 Å². The summed E-state index contributed by atoms with van der Waals surface area (Å²) in [4.78, 5) is 15.7. The van der Waals surface area contributed by atoms with Crippen molar-refractivity contribution in [2.45, 2.75) is 25.7 Å². The van der Waals surface area contributed by atoms with Crippen LogP contribution in [0.1, 0.15) is 23.3 Å². The van der Waals surface area contributed by atoms with Crippen LogP contribution in [0.3, 0.4) is 0 Å². The Bertz CT molecular complexity index is 1060. The number of nitrogens with zero attached hydrogens (tertiary/aromatic N) is 3. The van der Waals surface area contributed by atoms with Crippen molar-refractivity contribution in [1.82, 2.24) is 15.0 Å². The van der Waals surface area contributed by atoms with Crippen molar-refractivity contribution in [1.29, 1.82) is 0 Å². The molecule has 0 aliphatic heterocycles. The van der Waals surface area contributed by atoms with E-state index in [0.717, 1.165) is 39.7 Å². The minimum absolute atomic E-state index is 0.669. The molecule has 4 nitrogen and oxygen atoms in total. The van der Waals surface area contributed by atoms with E-state index in [0.29, 0.717) is 5.88 Å². The van der Waals surface area contributed by atoms with E-state index in [4.69, 9.17) is 4.74 Å². The molecule has 5 heteroatoms. The Kier molecular flexibility index (Phi) is 3.19. The van der Waals surface area contributed by atoms with Gasteiger partial charge in [0, 0.05) is 16.5 Å². The van der Waals surface area contributed by atoms with Gasteiger partial charge in [-0.15, -0.1) is 11.3 Å². The van der Waals surface area contributed by atoms with Gasteiger partial charge in [0.2, 0.25) is 5.88 Å². The molecule has 0 saturated carbocycles. The quantitative estimate of drug-likeness (QED) is 0.523. The maximum Gasteiger partial charge on any atom is 0.231 e. The first-order valence-corrected chi connectivity index (χ1v) is 8.98. The zero-order chi connectivity index (χ0) is 15.9. The van der Waals surface area contributed by atoms with Crippen LogP contribution in [-0.4, -0.2) is 15.0 Å². The average molecular weight is 333 g/mol. The van der Waals surface area contributed by atoms with Gasteiger partial charge in [0.25, 0.3) is 0 Å². The highest BCUT2D eigenvalue weighted by Gasteiger charge is 2.20. The molecule has 0 atom stereocenters. The molecule has 1 aromatic carbocycles. The van der Waals surface area contributed by atoms with Crippen LogP contribution >= 0.6 is 11.3 Å². The zero-order valence-corrected chi connectivity index (χ0v) is 13.8. The van der Waals surface area contributed by atoms with Gasteiger partial charge in [-0.3, -0.25) is 4.98 Å². The lowest BCUT2D eigenvalue weighted by Crippen LogP contribution is -1.99. The topological polar surface area (TPSA) is 47.9 Å². The summed E-state index contributed by atoms with van der Waals surface area (Å²) in [6.07, 6.45) is 8.14. The van der Waals surface area contributed by atoms with Crippen molar-refractivity contribution in [3.05, 3.63) is 53.3 Å². The number of fused-ring (bicyclic) bond motifs is 4. The molecular weight excluding hydrogens is 318 g/mol. The molecule has 0 bridgehead atoms. The van der Waals surface area contributed by atoms with E-state index >= 15 is 0 Å². The van der Waals surface area contributed by atoms with E-state index in [-0.39, 0.29) is 0 Å². The molecule has 0 radical (unpaired) electrons. The molecule has 0 saturated heterocycles. The average Bonchev–Trinajstić information content (AvgIpc) is 3.01. The van der Waals surface area contributed by atoms with E-state index < -0.39 is 0 Å². The Morgan fingerprint density at radius 1 is 1.00 bits per heavy atom. The van der Waals surface area contributed by atoms with Crippen molar-refractivity contribution in [3.63, 3.8) is 0 Å². The third kappa shape index (κ3) is 2.24. The molecule has 1 aliphatic carbocycles. The van der Waals surface area contributed by atoms with Crippen LogP contribution in [0, 0.1) is 0 Å². The fourth-order valence-corrected chi connectivity index (χ4v) is 4.59. The summed E-state index contributed by atoms with van der Waals surface area (Å²) in [5.74, 6) is 1.45. The standard InChI is InChI=1S/C19H15N3OS/c1-2-6-16-14(5-1)17-18(21-11-22-19(17)24-16)23-13-7-8-15-12(10-13)4-3-9-20-15/h3-4,7-11H,1-2,5-6H2. The number of hydrogen-bond acceptors (Lipinski definition) is 5. The number of rotatable bonds is 2. The maximum absolute atomic E-state index is 6.15. The third-order valence-corrected chi connectivity index (χ3v) is 5.71. The molecule has 0 amide bonds. The number of thiophene rings is 1. The summed E-state index contributed by atoms with van der Waals surface area (Å²) in [7, 11) is 0. The minimum Gasteiger partial charge on any atom is -0.438 e. The van der Waals surface area contributed by atoms with Crippen molar-refractivity contribution in [2.24, 2.45) is 0 Å². The van der Waals surface area contributed by atoms with Crippen LogP contribution in [0.4, 0.5) is 0 Å². The molecular formula is C19H15N3OS. The van der Waals surface area contributed by atoms with Gasteiger partial charge >= 0.3 is 0 Å². The summed E-state index contributed by atoms with van der Waals surface area (Å²) in [6.45, 7) is 0. The second kappa shape index (κ2) is 5.53. The van der Waals surface area contributed by atoms with Crippen LogP contribution in [0.15, 0.2) is 42.9 Å². The molecule has 0 unspecified atom stereocenters. The molecule has 24 heavy (non-hydrogen) atoms. The predicted octanol–water partition coefficient (Wildman–Crippen LogP) is 4.91. The lowest BCUT2D eigenvalue weighted by molar-refractivity contribution is 0.468. The van der Waals surface area contributed by atoms with Gasteiger partial charge in [0.15, 0.2) is 0 Å². The number of aryl methyl sites for hydroxylation is 2. The fourth-order valence-electron chi connectivity index (χ4n) is 3.37. The molecule has 0 N–H and O–H groups in total. The Morgan fingerprint density at radius 2 is 1.96 bits per heavy atom. The smallest absolute Gasteiger partial charge is 0.231 e. The van der Waals surface area contributed by atoms with E-state index in [2.05, 4.69) is 15.0 Å². The number of pyridine rings is 1. The van der Waals surface area contributed by atoms with Crippen LogP contribution in [0.5, 0.6) is 11.6 Å². The third-order valence-electron chi connectivity index (χ3n) is 4.51. The SMILES string of the molecule is c1cnc2ccc(Oc3ncnc4sc5c(c34)CCCC5)cc2c1. The Morgan fingerprint density at radius 3 is 2.96 bits per heavy atom. The highest BCUT2D eigenvalue weighted by Crippen LogP contribution is 2.40. The largest absolute Gasteiger partial charge is 0.438 e. The van der Waals surface area contributed by atoms with Gasteiger partial charge in [0.1, 0.15) is 16.9 Å². The fraction of sp³-hybridized carbons (Fsp3) is 0.211. The predicted molar refractivity (Wildman–Crippen MR) is 95.9 cm³/mol. The molecule has 1 aliphatic rings. The van der Waals surface area contributed by atoms with Crippen LogP contribution < -0.4 is 4.74 Å². The molecule has 118 valence electrons. The van der Waals surface area contributed by atoms with Crippen LogP contribution in [0.25, 0.3) is 21.1 Å². The highest BCUT2D eigenvalue weighted by molar-refractivity contribution is 7.18. The number of hydrogen-bond donors (Lipinski definition) is 0. The number of ether oxygens (including phenoxy) is 1. The lowest BCUT2D eigenvalue weighted by Gasteiger charge is -2.12. The van der Waals surface area contributed by atoms with E-state index in [1.54, 1.807) is 23.9 Å². The number of benzene rings is 1. The Balaban J connectivity index is 1.62. The van der Waals surface area contributed by atoms with E-state index in [1.165, 1.54) is 23.3 Å². The van der Waals surface area contributed by atoms with Gasteiger partial charge in [-0.05, 0) is 55.5 Å². The van der Waals surface area contributed by atoms with Gasteiger partial charge in [-0.25, -0.2) is 9.97 Å². The van der Waals surface area contributed by atoms with Crippen molar-refractivity contribution < 1.29 is 4.74 Å². The van der Waals surface area contributed by atoms with Crippen LogP contribution in [-0.2, 0) is 12.8 Å². The molecule has 0 fully saturated rings. The Hall–Kier alpha value is -2.53. The molecule has 3 aromatic heterocycles. The van der Waals surface area contributed by atoms with Gasteiger partial charge in [0.05, 0.1) is 10.9 Å². The summed E-state index contributed by atoms with van der Waals surface area (Å²) in [5, 5.41) is 2.16. The van der Waals surface area contributed by atoms with Gasteiger partial charge in [-0.1, -0.05) is 6.07 Å². The minimum atomic E-state index is 0.669. The van der Waals surface area contributed by atoms with Crippen molar-refractivity contribution in [3.8, 4) is 11.6 Å². The monoisotopic (exact) mass is 333 g/mol. The van der Waals surface area contributed by atoms with Crippen LogP contribution in [0.2, 0.25) is 0 Å². The summed E-state index contributed by atoms with van der Waals surface area (Å²) < 4.78 is 6.15. The summed E-state index contributed by atoms with van der Waals surface area (Å²) in [5.41, 5.74) is 2.35. The normalized spacial score (nSPS) is 14.0. The molecule has 3 heterocycles. The second-order valence-corrected chi connectivity index (χ2v) is 7.11. The highest BCUT2D eigenvalue weighted by atomic mass is 32.1. The maximum atomic E-state index is 6.15. The number of aromatic nitrogens is 3. The summed E-state index contributed by atoms with van der Waals surface area (Å²) in [6, 6.07) is 9.91.